The smallest absolute Gasteiger partial charge is 0.249 e. The monoisotopic (exact) mass is 501 g/mol. The van der Waals surface area contributed by atoms with Gasteiger partial charge < -0.3 is 24.5 Å². The van der Waals surface area contributed by atoms with Gasteiger partial charge in [0.25, 0.3) is 0 Å². The van der Waals surface area contributed by atoms with Crippen LogP contribution in [0, 0.1) is 17.8 Å². The molecular formula is C28H43N3O5. The number of hydrogen-bond donors (Lipinski definition) is 1. The Morgan fingerprint density at radius 2 is 1.69 bits per heavy atom. The molecule has 0 bridgehead atoms. The van der Waals surface area contributed by atoms with E-state index in [9.17, 15) is 19.5 Å². The number of carbonyl (C=O) groups excluding carboxylic acids is 3. The molecule has 0 aliphatic carbocycles. The van der Waals surface area contributed by atoms with E-state index in [-0.39, 0.29) is 36.3 Å². The van der Waals surface area contributed by atoms with Crippen molar-refractivity contribution >= 4 is 17.7 Å². The van der Waals surface area contributed by atoms with E-state index in [0.29, 0.717) is 19.6 Å². The molecule has 0 aromatic rings. The van der Waals surface area contributed by atoms with Crippen LogP contribution in [0.2, 0.25) is 0 Å². The molecule has 0 aromatic carbocycles. The van der Waals surface area contributed by atoms with Gasteiger partial charge in [0.15, 0.2) is 0 Å². The van der Waals surface area contributed by atoms with E-state index in [0.717, 1.165) is 19.3 Å². The van der Waals surface area contributed by atoms with Crippen LogP contribution in [0.25, 0.3) is 0 Å². The van der Waals surface area contributed by atoms with E-state index >= 15 is 0 Å². The van der Waals surface area contributed by atoms with Crippen LogP contribution in [0.4, 0.5) is 0 Å². The maximum absolute atomic E-state index is 14.4. The number of aliphatic hydroxyl groups is 1. The minimum atomic E-state index is -1.27. The zero-order valence-electron chi connectivity index (χ0n) is 22.6. The number of nitrogens with zero attached hydrogens (tertiary/aromatic N) is 3. The van der Waals surface area contributed by atoms with Crippen LogP contribution in [-0.2, 0) is 19.1 Å². The third-order valence-electron chi connectivity index (χ3n) is 8.66. The van der Waals surface area contributed by atoms with Gasteiger partial charge in [-0.3, -0.25) is 14.4 Å². The second-order valence-electron chi connectivity index (χ2n) is 11.5. The second-order valence-corrected chi connectivity index (χ2v) is 11.5. The third kappa shape index (κ3) is 3.92. The van der Waals surface area contributed by atoms with Gasteiger partial charge in [0.05, 0.1) is 30.1 Å². The molecule has 0 saturated carbocycles. The molecule has 4 heterocycles. The lowest BCUT2D eigenvalue weighted by molar-refractivity contribution is -0.157. The highest BCUT2D eigenvalue weighted by molar-refractivity contribution is 6.00. The first kappa shape index (κ1) is 26.9. The summed E-state index contributed by atoms with van der Waals surface area (Å²) in [7, 11) is 0. The zero-order chi connectivity index (χ0) is 26.4. The highest BCUT2D eigenvalue weighted by Gasteiger charge is 2.75. The number of amides is 3. The lowest BCUT2D eigenvalue weighted by Crippen LogP contribution is -2.60. The summed E-state index contributed by atoms with van der Waals surface area (Å²) in [5, 5.41) is 10.4. The predicted molar refractivity (Wildman–Crippen MR) is 137 cm³/mol. The summed E-state index contributed by atoms with van der Waals surface area (Å²) in [5.41, 5.74) is -2.28. The molecule has 1 spiro atoms. The number of rotatable bonds is 8. The molecule has 1 N–H and O–H groups in total. The number of ether oxygens (including phenoxy) is 1. The number of aliphatic hydroxyl groups excluding tert-OH is 1. The first-order valence-corrected chi connectivity index (χ1v) is 13.7. The van der Waals surface area contributed by atoms with Gasteiger partial charge in [-0.2, -0.15) is 0 Å². The van der Waals surface area contributed by atoms with Crippen molar-refractivity contribution in [3.8, 4) is 0 Å². The number of carbonyl (C=O) groups is 3. The van der Waals surface area contributed by atoms with Crippen LogP contribution in [0.15, 0.2) is 24.3 Å². The Morgan fingerprint density at radius 3 is 2.31 bits per heavy atom. The highest BCUT2D eigenvalue weighted by Crippen LogP contribution is 2.58. The normalized spacial score (nSPS) is 35.6. The van der Waals surface area contributed by atoms with Gasteiger partial charge in [-0.05, 0) is 32.6 Å². The van der Waals surface area contributed by atoms with Crippen LogP contribution in [-0.4, -0.2) is 93.1 Å². The SMILES string of the molecule is CCCC(C)N1CC=C[C@]23O[C@]4(C)C=CCN(CCC)C(=O)[C@@H]4[C@H]2C(=O)N([C@@H](CO)C(C)C)C3C1=O. The van der Waals surface area contributed by atoms with Gasteiger partial charge in [0, 0.05) is 25.7 Å². The van der Waals surface area contributed by atoms with Crippen molar-refractivity contribution in [3.63, 3.8) is 0 Å². The van der Waals surface area contributed by atoms with Gasteiger partial charge in [-0.15, -0.1) is 0 Å². The van der Waals surface area contributed by atoms with Crippen LogP contribution in [0.3, 0.4) is 0 Å². The van der Waals surface area contributed by atoms with Crippen molar-refractivity contribution < 1.29 is 24.2 Å². The van der Waals surface area contributed by atoms with Crippen molar-refractivity contribution in [2.75, 3.05) is 26.2 Å². The van der Waals surface area contributed by atoms with E-state index in [1.807, 2.05) is 63.8 Å². The molecule has 0 aromatic heterocycles. The molecule has 200 valence electrons. The van der Waals surface area contributed by atoms with Gasteiger partial charge in [-0.25, -0.2) is 0 Å². The Kier molecular flexibility index (Phi) is 7.41. The van der Waals surface area contributed by atoms with E-state index in [4.69, 9.17) is 4.74 Å². The summed E-state index contributed by atoms with van der Waals surface area (Å²) in [4.78, 5) is 47.8. The number of fused-ring (bicyclic) bond motifs is 2. The minimum absolute atomic E-state index is 0.00558. The Labute approximate surface area is 215 Å². The molecule has 2 fully saturated rings. The summed E-state index contributed by atoms with van der Waals surface area (Å²) in [5.74, 6) is -2.21. The molecule has 4 rings (SSSR count). The quantitative estimate of drug-likeness (QED) is 0.516. The predicted octanol–water partition coefficient (Wildman–Crippen LogP) is 2.37. The minimum Gasteiger partial charge on any atom is -0.394 e. The molecule has 3 amide bonds. The molecule has 4 aliphatic rings. The van der Waals surface area contributed by atoms with E-state index < -0.39 is 35.1 Å². The van der Waals surface area contributed by atoms with Gasteiger partial charge in [0.2, 0.25) is 17.7 Å². The summed E-state index contributed by atoms with van der Waals surface area (Å²) in [6.07, 6.45) is 10.3. The molecule has 36 heavy (non-hydrogen) atoms. The van der Waals surface area contributed by atoms with Crippen molar-refractivity contribution in [2.45, 2.75) is 90.1 Å². The van der Waals surface area contributed by atoms with E-state index in [2.05, 4.69) is 6.92 Å². The maximum Gasteiger partial charge on any atom is 0.249 e. The van der Waals surface area contributed by atoms with Gasteiger partial charge in [0.1, 0.15) is 11.6 Å². The lowest BCUT2D eigenvalue weighted by Gasteiger charge is -2.42. The summed E-state index contributed by atoms with van der Waals surface area (Å²) >= 11 is 0. The standard InChI is InChI=1S/C28H43N3O5/c1-7-11-19(5)30-16-10-13-28-22(25(34)31(23(28)26(30)35)20(17-32)18(3)4)21-24(33)29(14-8-2)15-9-12-27(21,6)36-28/h9-10,12-13,18-23,32H,7-8,11,14-17H2,1-6H3/t19?,20-,21-,22-,23?,27+,28-/m0/s1. The van der Waals surface area contributed by atoms with Crippen LogP contribution in [0.5, 0.6) is 0 Å². The Balaban J connectivity index is 1.89. The van der Waals surface area contributed by atoms with Crippen LogP contribution in [0.1, 0.15) is 60.8 Å². The van der Waals surface area contributed by atoms with Gasteiger partial charge in [-0.1, -0.05) is 58.4 Å². The molecular weight excluding hydrogens is 458 g/mol. The fraction of sp³-hybridized carbons (Fsp3) is 0.750. The van der Waals surface area contributed by atoms with Crippen molar-refractivity contribution in [2.24, 2.45) is 17.8 Å². The lowest BCUT2D eigenvalue weighted by atomic mass is 9.74. The molecule has 7 atom stereocenters. The molecule has 0 radical (unpaired) electrons. The molecule has 4 aliphatic heterocycles. The summed E-state index contributed by atoms with van der Waals surface area (Å²) in [6, 6.07) is -1.49. The second kappa shape index (κ2) is 9.93. The van der Waals surface area contributed by atoms with E-state index in [1.165, 1.54) is 0 Å². The van der Waals surface area contributed by atoms with Crippen molar-refractivity contribution in [1.82, 2.24) is 14.7 Å². The molecule has 2 unspecified atom stereocenters. The first-order valence-electron chi connectivity index (χ1n) is 13.7. The summed E-state index contributed by atoms with van der Waals surface area (Å²) < 4.78 is 6.85. The Morgan fingerprint density at radius 1 is 1.00 bits per heavy atom. The van der Waals surface area contributed by atoms with E-state index in [1.54, 1.807) is 9.80 Å². The average Bonchev–Trinajstić information content (AvgIpc) is 3.08. The number of likely N-dealkylation sites (tertiary alicyclic amines) is 1. The molecule has 2 saturated heterocycles. The number of hydrogen-bond acceptors (Lipinski definition) is 5. The highest BCUT2D eigenvalue weighted by atomic mass is 16.5. The topological polar surface area (TPSA) is 90.4 Å². The van der Waals surface area contributed by atoms with Crippen molar-refractivity contribution in [3.05, 3.63) is 24.3 Å². The maximum atomic E-state index is 14.4. The molecule has 8 heteroatoms. The fourth-order valence-corrected chi connectivity index (χ4v) is 6.95. The fourth-order valence-electron chi connectivity index (χ4n) is 6.95. The van der Waals surface area contributed by atoms with Gasteiger partial charge >= 0.3 is 0 Å². The third-order valence-corrected chi connectivity index (χ3v) is 8.66. The largest absolute Gasteiger partial charge is 0.394 e. The zero-order valence-corrected chi connectivity index (χ0v) is 22.6. The first-order chi connectivity index (χ1) is 17.1. The van der Waals surface area contributed by atoms with Crippen molar-refractivity contribution in [1.29, 1.82) is 0 Å². The molecule has 8 nitrogen and oxygen atoms in total. The summed E-state index contributed by atoms with van der Waals surface area (Å²) in [6.45, 7) is 13.1. The Hall–Kier alpha value is -2.19. The van der Waals surface area contributed by atoms with Crippen LogP contribution >= 0.6 is 0 Å². The van der Waals surface area contributed by atoms with Crippen LogP contribution < -0.4 is 0 Å². The average molecular weight is 502 g/mol. The Bertz CT molecular complexity index is 947.